The number of rotatable bonds is 11. The molecule has 0 radical (unpaired) electrons. The molecule has 284 valence electrons. The summed E-state index contributed by atoms with van der Waals surface area (Å²) < 4.78 is 4.41. The first kappa shape index (κ1) is 38.4. The number of Topliss-reactive ketones (excluding diaryl/α,β-unsaturated/α-hetero) is 2. The van der Waals surface area contributed by atoms with Gasteiger partial charge in [0.1, 0.15) is 11.6 Å². The molecule has 3 aliphatic carbocycles. The fraction of sp³-hybridized carbons (Fsp3) is 0.814. The van der Waals surface area contributed by atoms with Gasteiger partial charge in [-0.15, -0.1) is 0 Å². The van der Waals surface area contributed by atoms with Crippen LogP contribution in [-0.4, -0.2) is 79.7 Å². The summed E-state index contributed by atoms with van der Waals surface area (Å²) >= 11 is 0. The molecule has 51 heavy (non-hydrogen) atoms. The SMILES string of the molecule is CC(C)C(=O)C1CC2(C1)CC(N1CCC(n3cc(C(C)C)cn3)CC1)C2.CCC(=O)C1CCC(CN2CCC(n3cc(C(C)C)cn3)CC2)CC1. The second kappa shape index (κ2) is 16.8. The number of carbonyl (C=O) groups excluding carboxylic acids is 2. The largest absolute Gasteiger partial charge is 0.303 e. The van der Waals surface area contributed by atoms with E-state index in [1.165, 1.54) is 108 Å². The van der Waals surface area contributed by atoms with Crippen LogP contribution in [0.5, 0.6) is 0 Å². The van der Waals surface area contributed by atoms with E-state index < -0.39 is 0 Å². The van der Waals surface area contributed by atoms with Crippen LogP contribution < -0.4 is 0 Å². The molecule has 0 unspecified atom stereocenters. The molecule has 2 saturated heterocycles. The zero-order valence-electron chi connectivity index (χ0n) is 33.2. The number of aromatic nitrogens is 4. The molecule has 3 saturated carbocycles. The van der Waals surface area contributed by atoms with E-state index in [4.69, 9.17) is 0 Å². The molecule has 1 spiro atoms. The molecular weight excluding hydrogens is 633 g/mol. The summed E-state index contributed by atoms with van der Waals surface area (Å²) in [6.07, 6.45) is 23.9. The molecule has 8 nitrogen and oxygen atoms in total. The molecule has 7 rings (SSSR count). The minimum Gasteiger partial charge on any atom is -0.303 e. The van der Waals surface area contributed by atoms with Crippen molar-refractivity contribution in [2.75, 3.05) is 32.7 Å². The van der Waals surface area contributed by atoms with Gasteiger partial charge in [0.2, 0.25) is 0 Å². The minimum absolute atomic E-state index is 0.214. The van der Waals surface area contributed by atoms with E-state index in [-0.39, 0.29) is 5.92 Å². The standard InChI is InChI=1S/C22H35N3O.C21H35N3O/c1-15(2)18-13-23-25(14-18)19-5-7-24(8-6-19)20-11-22(12-20)9-17(10-22)21(26)16(3)4;1-4-21(25)18-7-5-17(6-8-18)14-23-11-9-20(10-12-23)24-15-19(13-22-24)16(2)3/h13-17,19-20H,5-12H2,1-4H3;13,15-18,20H,4-12,14H2,1-3H3. The van der Waals surface area contributed by atoms with Crippen LogP contribution in [0.15, 0.2) is 24.8 Å². The maximum absolute atomic E-state index is 12.1. The third-order valence-corrected chi connectivity index (χ3v) is 13.7. The molecule has 2 aromatic rings. The lowest BCUT2D eigenvalue weighted by Gasteiger charge is -2.60. The predicted octanol–water partition coefficient (Wildman–Crippen LogP) is 8.86. The van der Waals surface area contributed by atoms with Crippen molar-refractivity contribution in [3.63, 3.8) is 0 Å². The summed E-state index contributed by atoms with van der Waals surface area (Å²) in [5.74, 6) is 3.85. The highest BCUT2D eigenvalue weighted by Crippen LogP contribution is 2.60. The number of hydrogen-bond acceptors (Lipinski definition) is 6. The van der Waals surface area contributed by atoms with Crippen molar-refractivity contribution < 1.29 is 9.59 Å². The van der Waals surface area contributed by atoms with Gasteiger partial charge in [-0.3, -0.25) is 19.0 Å². The van der Waals surface area contributed by atoms with Crippen molar-refractivity contribution in [3.05, 3.63) is 35.9 Å². The summed E-state index contributed by atoms with van der Waals surface area (Å²) in [6, 6.07) is 1.92. The van der Waals surface area contributed by atoms with Crippen LogP contribution in [0.25, 0.3) is 0 Å². The van der Waals surface area contributed by atoms with Crippen molar-refractivity contribution in [1.82, 2.24) is 29.4 Å². The maximum Gasteiger partial charge on any atom is 0.138 e. The lowest BCUT2D eigenvalue weighted by atomic mass is 9.48. The van der Waals surface area contributed by atoms with E-state index in [1.54, 1.807) is 0 Å². The Hall–Kier alpha value is -2.32. The first-order valence-corrected chi connectivity index (χ1v) is 21.0. The molecule has 0 N–H and O–H groups in total. The molecule has 0 atom stereocenters. The van der Waals surface area contributed by atoms with E-state index in [0.717, 1.165) is 31.2 Å². The van der Waals surface area contributed by atoms with Crippen molar-refractivity contribution in [2.45, 2.75) is 162 Å². The molecular formula is C43H70N6O2. The number of nitrogens with zero attached hydrogens (tertiary/aromatic N) is 6. The Morgan fingerprint density at radius 1 is 0.686 bits per heavy atom. The fourth-order valence-corrected chi connectivity index (χ4v) is 10.1. The summed E-state index contributed by atoms with van der Waals surface area (Å²) in [6.45, 7) is 21.0. The number of hydrogen-bond donors (Lipinski definition) is 0. The first-order chi connectivity index (χ1) is 24.4. The van der Waals surface area contributed by atoms with Gasteiger partial charge in [0.05, 0.1) is 24.5 Å². The molecule has 2 aliphatic heterocycles. The van der Waals surface area contributed by atoms with Gasteiger partial charge < -0.3 is 9.80 Å². The highest BCUT2D eigenvalue weighted by atomic mass is 16.1. The highest BCUT2D eigenvalue weighted by Gasteiger charge is 2.56. The van der Waals surface area contributed by atoms with Crippen LogP contribution >= 0.6 is 0 Å². The van der Waals surface area contributed by atoms with Crippen LogP contribution in [-0.2, 0) is 9.59 Å². The molecule has 5 aliphatic rings. The van der Waals surface area contributed by atoms with Crippen molar-refractivity contribution in [2.24, 2.45) is 29.1 Å². The minimum atomic E-state index is 0.214. The average Bonchev–Trinajstić information content (AvgIpc) is 3.80. The van der Waals surface area contributed by atoms with Crippen molar-refractivity contribution in [3.8, 4) is 0 Å². The number of likely N-dealkylation sites (tertiary alicyclic amines) is 2. The van der Waals surface area contributed by atoms with E-state index in [0.29, 0.717) is 52.7 Å². The molecule has 2 aromatic heterocycles. The summed E-state index contributed by atoms with van der Waals surface area (Å²) in [7, 11) is 0. The lowest BCUT2D eigenvalue weighted by molar-refractivity contribution is -0.144. The Kier molecular flexibility index (Phi) is 12.6. The Balaban J connectivity index is 0.000000176. The number of carbonyl (C=O) groups is 2. The monoisotopic (exact) mass is 703 g/mol. The average molecular weight is 703 g/mol. The Morgan fingerprint density at radius 2 is 1.20 bits per heavy atom. The highest BCUT2D eigenvalue weighted by molar-refractivity contribution is 5.84. The van der Waals surface area contributed by atoms with E-state index in [1.807, 2.05) is 33.2 Å². The van der Waals surface area contributed by atoms with Gasteiger partial charge >= 0.3 is 0 Å². The van der Waals surface area contributed by atoms with Gasteiger partial charge in [0.25, 0.3) is 0 Å². The van der Waals surface area contributed by atoms with E-state index in [2.05, 4.69) is 69.4 Å². The first-order valence-electron chi connectivity index (χ1n) is 21.0. The van der Waals surface area contributed by atoms with Crippen LogP contribution in [0.2, 0.25) is 0 Å². The van der Waals surface area contributed by atoms with Crippen molar-refractivity contribution in [1.29, 1.82) is 0 Å². The Morgan fingerprint density at radius 3 is 1.65 bits per heavy atom. The molecule has 8 heteroatoms. The van der Waals surface area contributed by atoms with Crippen LogP contribution in [0.3, 0.4) is 0 Å². The summed E-state index contributed by atoms with van der Waals surface area (Å²) in [5.41, 5.74) is 3.23. The second-order valence-corrected chi connectivity index (χ2v) is 18.4. The molecule has 0 amide bonds. The third kappa shape index (κ3) is 9.26. The Labute approximate surface area is 309 Å². The molecule has 0 bridgehead atoms. The number of piperidine rings is 2. The summed E-state index contributed by atoms with van der Waals surface area (Å²) in [4.78, 5) is 29.4. The lowest BCUT2D eigenvalue weighted by Crippen LogP contribution is -2.58. The van der Waals surface area contributed by atoms with Crippen molar-refractivity contribution >= 4 is 11.6 Å². The zero-order valence-corrected chi connectivity index (χ0v) is 33.2. The van der Waals surface area contributed by atoms with Crippen LogP contribution in [0, 0.1) is 29.1 Å². The van der Waals surface area contributed by atoms with Gasteiger partial charge in [-0.05, 0) is 111 Å². The maximum atomic E-state index is 12.1. The van der Waals surface area contributed by atoms with Gasteiger partial charge in [-0.2, -0.15) is 10.2 Å². The van der Waals surface area contributed by atoms with E-state index in [9.17, 15) is 9.59 Å². The molecule has 4 heterocycles. The van der Waals surface area contributed by atoms with Gasteiger partial charge in [-0.1, -0.05) is 48.5 Å². The quantitative estimate of drug-likeness (QED) is 0.233. The second-order valence-electron chi connectivity index (χ2n) is 18.4. The summed E-state index contributed by atoms with van der Waals surface area (Å²) in [5, 5.41) is 9.22. The molecule has 5 fully saturated rings. The van der Waals surface area contributed by atoms with Gasteiger partial charge in [0.15, 0.2) is 0 Å². The normalized spacial score (nSPS) is 29.6. The smallest absolute Gasteiger partial charge is 0.138 e. The van der Waals surface area contributed by atoms with Crippen LogP contribution in [0.1, 0.15) is 167 Å². The Bertz CT molecular complexity index is 1400. The van der Waals surface area contributed by atoms with Gasteiger partial charge in [-0.25, -0.2) is 0 Å². The van der Waals surface area contributed by atoms with Crippen LogP contribution in [0.4, 0.5) is 0 Å². The topological polar surface area (TPSA) is 76.3 Å². The number of ketones is 2. The fourth-order valence-electron chi connectivity index (χ4n) is 10.1. The molecule has 0 aromatic carbocycles. The predicted molar refractivity (Wildman–Crippen MR) is 206 cm³/mol. The van der Waals surface area contributed by atoms with E-state index >= 15 is 0 Å². The van der Waals surface area contributed by atoms with Gasteiger partial charge in [0, 0.05) is 75.3 Å². The zero-order chi connectivity index (χ0) is 36.3. The third-order valence-electron chi connectivity index (χ3n) is 13.7.